The summed E-state index contributed by atoms with van der Waals surface area (Å²) in [4.78, 5) is 17.7. The van der Waals surface area contributed by atoms with Gasteiger partial charge in [-0.1, -0.05) is 11.6 Å². The van der Waals surface area contributed by atoms with Crippen LogP contribution in [0.15, 0.2) is 12.3 Å². The molecule has 4 rings (SSSR count). The molecule has 2 aliphatic rings. The van der Waals surface area contributed by atoms with Gasteiger partial charge in [-0.2, -0.15) is 18.3 Å². The summed E-state index contributed by atoms with van der Waals surface area (Å²) in [6.07, 6.45) is -3.80. The molecule has 6 nitrogen and oxygen atoms in total. The molecular weight excluding hydrogens is 421 g/mol. The van der Waals surface area contributed by atoms with Crippen molar-refractivity contribution in [3.63, 3.8) is 0 Å². The molecule has 1 N–H and O–H groups in total. The van der Waals surface area contributed by atoms with Gasteiger partial charge in [-0.3, -0.25) is 4.90 Å². The van der Waals surface area contributed by atoms with Crippen molar-refractivity contribution in [2.45, 2.75) is 56.2 Å². The molecule has 12 heteroatoms. The van der Waals surface area contributed by atoms with Crippen LogP contribution in [0.3, 0.4) is 0 Å². The van der Waals surface area contributed by atoms with E-state index in [0.29, 0.717) is 6.42 Å². The van der Waals surface area contributed by atoms with E-state index in [4.69, 9.17) is 11.6 Å². The standard InChI is InChI=1S/C17H17ClF5N5O/c1-15(17(21,22)23)8-27(14(29)25-9-3-2-4-16(19,20)6-9)10-7-24-12-5-11(18)26-28(12)13(10)15/h5,7,9H,2-4,6,8H2,1H3,(H,25,29)/t9-,15-/m1/s1. The molecule has 2 atom stereocenters. The van der Waals surface area contributed by atoms with Gasteiger partial charge in [0.25, 0.3) is 0 Å². The van der Waals surface area contributed by atoms with Crippen molar-refractivity contribution in [1.82, 2.24) is 19.9 Å². The van der Waals surface area contributed by atoms with Crippen molar-refractivity contribution in [1.29, 1.82) is 0 Å². The Morgan fingerprint density at radius 3 is 2.76 bits per heavy atom. The zero-order valence-electron chi connectivity index (χ0n) is 15.2. The minimum Gasteiger partial charge on any atom is -0.335 e. The van der Waals surface area contributed by atoms with Crippen LogP contribution in [-0.4, -0.2) is 45.3 Å². The monoisotopic (exact) mass is 437 g/mol. The summed E-state index contributed by atoms with van der Waals surface area (Å²) < 4.78 is 70.2. The first-order chi connectivity index (χ1) is 13.4. The number of carbonyl (C=O) groups is 1. The highest BCUT2D eigenvalue weighted by atomic mass is 35.5. The third-order valence-electron chi connectivity index (χ3n) is 5.56. The third kappa shape index (κ3) is 3.28. The van der Waals surface area contributed by atoms with Gasteiger partial charge in [0.15, 0.2) is 10.8 Å². The van der Waals surface area contributed by atoms with Crippen molar-refractivity contribution in [3.05, 3.63) is 23.1 Å². The molecule has 2 aromatic rings. The van der Waals surface area contributed by atoms with Gasteiger partial charge >= 0.3 is 12.2 Å². The molecule has 0 unspecified atom stereocenters. The topological polar surface area (TPSA) is 62.5 Å². The number of amides is 2. The largest absolute Gasteiger partial charge is 0.401 e. The number of hydrogen-bond acceptors (Lipinski definition) is 3. The number of nitrogens with zero attached hydrogens (tertiary/aromatic N) is 4. The highest BCUT2D eigenvalue weighted by molar-refractivity contribution is 6.29. The lowest BCUT2D eigenvalue weighted by Gasteiger charge is -2.31. The number of alkyl halides is 5. The third-order valence-corrected chi connectivity index (χ3v) is 5.75. The Kier molecular flexibility index (Phi) is 4.45. The minimum absolute atomic E-state index is 0.0391. The van der Waals surface area contributed by atoms with E-state index in [-0.39, 0.29) is 35.0 Å². The van der Waals surface area contributed by atoms with Gasteiger partial charge in [0.2, 0.25) is 5.92 Å². The average molecular weight is 438 g/mol. The zero-order chi connectivity index (χ0) is 21.2. The number of hydrogen-bond donors (Lipinski definition) is 1. The Balaban J connectivity index is 1.72. The maximum Gasteiger partial charge on any atom is 0.401 e. The molecule has 0 spiro atoms. The van der Waals surface area contributed by atoms with Crippen molar-refractivity contribution >= 4 is 29.0 Å². The van der Waals surface area contributed by atoms with Crippen molar-refractivity contribution in [2.75, 3.05) is 11.4 Å². The van der Waals surface area contributed by atoms with Gasteiger partial charge in [-0.15, -0.1) is 0 Å². The molecule has 0 radical (unpaired) electrons. The maximum absolute atomic E-state index is 14.0. The molecule has 1 fully saturated rings. The summed E-state index contributed by atoms with van der Waals surface area (Å²) in [5.74, 6) is -2.90. The van der Waals surface area contributed by atoms with Crippen molar-refractivity contribution in [3.8, 4) is 0 Å². The number of aromatic nitrogens is 3. The van der Waals surface area contributed by atoms with Gasteiger partial charge in [0.1, 0.15) is 5.41 Å². The predicted molar refractivity (Wildman–Crippen MR) is 94.5 cm³/mol. The van der Waals surface area contributed by atoms with Crippen LogP contribution in [0.4, 0.5) is 32.4 Å². The fourth-order valence-electron chi connectivity index (χ4n) is 4.04. The van der Waals surface area contributed by atoms with E-state index in [1.54, 1.807) is 0 Å². The Hall–Kier alpha value is -2.17. The molecule has 0 bridgehead atoms. The fraction of sp³-hybridized carbons (Fsp3) is 0.588. The lowest BCUT2D eigenvalue weighted by Crippen LogP contribution is -2.51. The van der Waals surface area contributed by atoms with Gasteiger partial charge in [0.05, 0.1) is 17.6 Å². The normalized spacial score (nSPS) is 26.6. The minimum atomic E-state index is -4.71. The zero-order valence-corrected chi connectivity index (χ0v) is 16.0. The molecule has 2 amide bonds. The molecule has 1 aliphatic carbocycles. The SMILES string of the molecule is C[C@@]1(C(F)(F)F)CN(C(=O)N[C@@H]2CCCC(F)(F)C2)c2cnc3cc(Cl)nn3c21. The number of carbonyl (C=O) groups excluding carboxylic acids is 1. The first-order valence-corrected chi connectivity index (χ1v) is 9.36. The number of urea groups is 1. The van der Waals surface area contributed by atoms with Gasteiger partial charge in [-0.05, 0) is 19.8 Å². The van der Waals surface area contributed by atoms with Gasteiger partial charge in [-0.25, -0.2) is 23.1 Å². The van der Waals surface area contributed by atoms with Crippen LogP contribution in [0.25, 0.3) is 5.65 Å². The second kappa shape index (κ2) is 6.41. The molecule has 0 aromatic carbocycles. The number of rotatable bonds is 1. The summed E-state index contributed by atoms with van der Waals surface area (Å²) in [7, 11) is 0. The molecular formula is C17H17ClF5N5O. The summed E-state index contributed by atoms with van der Waals surface area (Å²) in [6.45, 7) is 0.238. The van der Waals surface area contributed by atoms with Crippen LogP contribution in [0.1, 0.15) is 38.3 Å². The Bertz CT molecular complexity index is 977. The molecule has 1 saturated carbocycles. The van der Waals surface area contributed by atoms with Crippen LogP contribution in [0.2, 0.25) is 5.15 Å². The first kappa shape index (κ1) is 20.1. The lowest BCUT2D eigenvalue weighted by molar-refractivity contribution is -0.181. The van der Waals surface area contributed by atoms with Gasteiger partial charge in [0, 0.05) is 31.5 Å². The Morgan fingerprint density at radius 2 is 2.10 bits per heavy atom. The Morgan fingerprint density at radius 1 is 1.38 bits per heavy atom. The lowest BCUT2D eigenvalue weighted by atomic mass is 9.87. The highest BCUT2D eigenvalue weighted by Crippen LogP contribution is 2.50. The van der Waals surface area contributed by atoms with E-state index < -0.39 is 42.6 Å². The molecule has 1 aliphatic heterocycles. The van der Waals surface area contributed by atoms with E-state index >= 15 is 0 Å². The summed E-state index contributed by atoms with van der Waals surface area (Å²) in [5, 5.41) is 6.30. The number of anilines is 1. The van der Waals surface area contributed by atoms with E-state index in [2.05, 4.69) is 15.4 Å². The molecule has 0 saturated heterocycles. The van der Waals surface area contributed by atoms with Crippen molar-refractivity contribution in [2.24, 2.45) is 0 Å². The Labute approximate surface area is 167 Å². The smallest absolute Gasteiger partial charge is 0.335 e. The maximum atomic E-state index is 14.0. The van der Waals surface area contributed by atoms with Crippen LogP contribution in [0, 0.1) is 0 Å². The second-order valence-electron chi connectivity index (χ2n) is 7.74. The van der Waals surface area contributed by atoms with Crippen LogP contribution >= 0.6 is 11.6 Å². The highest BCUT2D eigenvalue weighted by Gasteiger charge is 2.60. The van der Waals surface area contributed by atoms with E-state index in [1.165, 1.54) is 6.07 Å². The molecule has 29 heavy (non-hydrogen) atoms. The van der Waals surface area contributed by atoms with E-state index in [1.807, 2.05) is 0 Å². The van der Waals surface area contributed by atoms with Crippen LogP contribution in [-0.2, 0) is 5.41 Å². The predicted octanol–water partition coefficient (Wildman–Crippen LogP) is 4.31. The fourth-order valence-corrected chi connectivity index (χ4v) is 4.21. The van der Waals surface area contributed by atoms with Crippen molar-refractivity contribution < 1.29 is 26.7 Å². The number of nitrogens with one attached hydrogen (secondary N) is 1. The van der Waals surface area contributed by atoms with E-state index in [9.17, 15) is 26.7 Å². The number of fused-ring (bicyclic) bond motifs is 3. The molecule has 2 aromatic heterocycles. The average Bonchev–Trinajstić information content (AvgIpc) is 3.11. The summed E-state index contributed by atoms with van der Waals surface area (Å²) in [5.41, 5.74) is -2.69. The molecule has 158 valence electrons. The van der Waals surface area contributed by atoms with E-state index in [0.717, 1.165) is 22.5 Å². The summed E-state index contributed by atoms with van der Waals surface area (Å²) >= 11 is 5.83. The number of halogens is 6. The van der Waals surface area contributed by atoms with Gasteiger partial charge < -0.3 is 5.32 Å². The van der Waals surface area contributed by atoms with Crippen LogP contribution < -0.4 is 10.2 Å². The second-order valence-corrected chi connectivity index (χ2v) is 8.13. The quantitative estimate of drug-likeness (QED) is 0.676. The molecule has 3 heterocycles. The summed E-state index contributed by atoms with van der Waals surface area (Å²) in [6, 6.07) is -0.379. The van der Waals surface area contributed by atoms with Crippen LogP contribution in [0.5, 0.6) is 0 Å². The first-order valence-electron chi connectivity index (χ1n) is 8.99.